The predicted octanol–water partition coefficient (Wildman–Crippen LogP) is 2.55. The molecule has 5 heteroatoms. The molecule has 0 heterocycles. The molecule has 0 aliphatic heterocycles. The van der Waals surface area contributed by atoms with Gasteiger partial charge in [0.1, 0.15) is 11.5 Å². The molecule has 0 saturated carbocycles. The standard InChI is InChI=1S/C16H16N2O3/c1-2-17-15(19)16(20)18-12-8-10-14(11-9-12)21-13-6-4-3-5-7-13/h3-11H,2H2,1H3,(H,17,19)(H,18,20). The largest absolute Gasteiger partial charge is 0.457 e. The molecule has 0 radical (unpaired) electrons. The molecule has 0 saturated heterocycles. The van der Waals surface area contributed by atoms with Crippen molar-refractivity contribution < 1.29 is 14.3 Å². The van der Waals surface area contributed by atoms with Crippen molar-refractivity contribution in [3.05, 3.63) is 54.6 Å². The minimum Gasteiger partial charge on any atom is -0.457 e. The van der Waals surface area contributed by atoms with Gasteiger partial charge in [0.2, 0.25) is 0 Å². The lowest BCUT2D eigenvalue weighted by Crippen LogP contribution is -2.35. The van der Waals surface area contributed by atoms with Gasteiger partial charge in [0.05, 0.1) is 0 Å². The molecule has 2 N–H and O–H groups in total. The maximum Gasteiger partial charge on any atom is 0.313 e. The molecule has 0 aromatic heterocycles. The number of carbonyl (C=O) groups excluding carboxylic acids is 2. The van der Waals surface area contributed by atoms with E-state index in [4.69, 9.17) is 4.74 Å². The second-order valence-corrected chi connectivity index (χ2v) is 4.25. The van der Waals surface area contributed by atoms with E-state index in [9.17, 15) is 9.59 Å². The Labute approximate surface area is 122 Å². The average molecular weight is 284 g/mol. The predicted molar refractivity (Wildman–Crippen MR) is 80.3 cm³/mol. The third-order valence-electron chi connectivity index (χ3n) is 2.63. The van der Waals surface area contributed by atoms with E-state index < -0.39 is 11.8 Å². The molecule has 0 spiro atoms. The fourth-order valence-electron chi connectivity index (χ4n) is 1.66. The molecule has 2 aromatic carbocycles. The Kier molecular flexibility index (Phi) is 4.93. The molecule has 0 unspecified atom stereocenters. The number of amides is 2. The zero-order valence-electron chi connectivity index (χ0n) is 11.6. The van der Waals surface area contributed by atoms with E-state index in [2.05, 4.69) is 10.6 Å². The van der Waals surface area contributed by atoms with Crippen molar-refractivity contribution in [2.24, 2.45) is 0 Å². The number of anilines is 1. The first kappa shape index (κ1) is 14.6. The van der Waals surface area contributed by atoms with Crippen LogP contribution in [0.1, 0.15) is 6.92 Å². The van der Waals surface area contributed by atoms with E-state index in [1.54, 1.807) is 31.2 Å². The van der Waals surface area contributed by atoms with Gasteiger partial charge in [-0.25, -0.2) is 0 Å². The van der Waals surface area contributed by atoms with Crippen LogP contribution < -0.4 is 15.4 Å². The van der Waals surface area contributed by atoms with Gasteiger partial charge in [-0.3, -0.25) is 9.59 Å². The first-order valence-corrected chi connectivity index (χ1v) is 6.61. The number of ether oxygens (including phenoxy) is 1. The van der Waals surface area contributed by atoms with Crippen LogP contribution in [0.15, 0.2) is 54.6 Å². The number of nitrogens with one attached hydrogen (secondary N) is 2. The summed E-state index contributed by atoms with van der Waals surface area (Å²) >= 11 is 0. The van der Waals surface area contributed by atoms with Gasteiger partial charge in [-0.05, 0) is 43.3 Å². The van der Waals surface area contributed by atoms with E-state index in [0.717, 1.165) is 5.75 Å². The Balaban J connectivity index is 1.96. The minimum absolute atomic E-state index is 0.413. The number of hydrogen-bond donors (Lipinski definition) is 2. The average Bonchev–Trinajstić information content (AvgIpc) is 2.50. The summed E-state index contributed by atoms with van der Waals surface area (Å²) in [5.41, 5.74) is 0.534. The normalized spacial score (nSPS) is 9.76. The molecule has 0 bridgehead atoms. The smallest absolute Gasteiger partial charge is 0.313 e. The summed E-state index contributed by atoms with van der Waals surface area (Å²) in [4.78, 5) is 22.8. The third-order valence-corrected chi connectivity index (χ3v) is 2.63. The van der Waals surface area contributed by atoms with E-state index in [1.165, 1.54) is 0 Å². The van der Waals surface area contributed by atoms with Crippen LogP contribution in [0.25, 0.3) is 0 Å². The fraction of sp³-hybridized carbons (Fsp3) is 0.125. The molecule has 108 valence electrons. The van der Waals surface area contributed by atoms with Crippen LogP contribution in [0.5, 0.6) is 11.5 Å². The fourth-order valence-corrected chi connectivity index (χ4v) is 1.66. The Morgan fingerprint density at radius 1 is 0.905 bits per heavy atom. The van der Waals surface area contributed by atoms with Gasteiger partial charge in [0, 0.05) is 12.2 Å². The van der Waals surface area contributed by atoms with Crippen molar-refractivity contribution in [1.29, 1.82) is 0 Å². The molecule has 2 aromatic rings. The molecule has 0 fully saturated rings. The summed E-state index contributed by atoms with van der Waals surface area (Å²) in [5, 5.41) is 4.94. The lowest BCUT2D eigenvalue weighted by atomic mass is 10.3. The van der Waals surface area contributed by atoms with E-state index in [1.807, 2.05) is 30.3 Å². The molecule has 0 aliphatic rings. The van der Waals surface area contributed by atoms with Crippen LogP contribution in [-0.2, 0) is 9.59 Å². The number of benzene rings is 2. The van der Waals surface area contributed by atoms with Gasteiger partial charge in [0.15, 0.2) is 0 Å². The van der Waals surface area contributed by atoms with E-state index in [0.29, 0.717) is 18.0 Å². The van der Waals surface area contributed by atoms with Gasteiger partial charge in [-0.15, -0.1) is 0 Å². The summed E-state index contributed by atoms with van der Waals surface area (Å²) in [6.45, 7) is 2.16. The Morgan fingerprint density at radius 3 is 2.14 bits per heavy atom. The Bertz CT molecular complexity index is 609. The van der Waals surface area contributed by atoms with Crippen molar-refractivity contribution >= 4 is 17.5 Å². The first-order chi connectivity index (χ1) is 10.2. The van der Waals surface area contributed by atoms with Gasteiger partial charge in [-0.1, -0.05) is 18.2 Å². The van der Waals surface area contributed by atoms with Crippen LogP contribution in [0.3, 0.4) is 0 Å². The number of rotatable bonds is 4. The third kappa shape index (κ3) is 4.35. The van der Waals surface area contributed by atoms with Gasteiger partial charge < -0.3 is 15.4 Å². The molecule has 2 rings (SSSR count). The van der Waals surface area contributed by atoms with Crippen LogP contribution >= 0.6 is 0 Å². The zero-order chi connectivity index (χ0) is 15.1. The van der Waals surface area contributed by atoms with Crippen molar-refractivity contribution in [1.82, 2.24) is 5.32 Å². The topological polar surface area (TPSA) is 67.4 Å². The van der Waals surface area contributed by atoms with Crippen LogP contribution in [0, 0.1) is 0 Å². The minimum atomic E-state index is -0.687. The van der Waals surface area contributed by atoms with Crippen molar-refractivity contribution in [2.75, 3.05) is 11.9 Å². The second kappa shape index (κ2) is 7.09. The van der Waals surface area contributed by atoms with Gasteiger partial charge >= 0.3 is 11.8 Å². The molecular formula is C16H16N2O3. The lowest BCUT2D eigenvalue weighted by molar-refractivity contribution is -0.136. The summed E-state index contributed by atoms with van der Waals surface area (Å²) in [6.07, 6.45) is 0. The Hall–Kier alpha value is -2.82. The summed E-state index contributed by atoms with van der Waals surface area (Å²) in [6, 6.07) is 16.2. The van der Waals surface area contributed by atoms with Crippen molar-refractivity contribution in [2.45, 2.75) is 6.92 Å². The van der Waals surface area contributed by atoms with Crippen LogP contribution in [0.4, 0.5) is 5.69 Å². The molecule has 0 aliphatic carbocycles. The lowest BCUT2D eigenvalue weighted by Gasteiger charge is -2.08. The highest BCUT2D eigenvalue weighted by Gasteiger charge is 2.12. The van der Waals surface area contributed by atoms with Crippen molar-refractivity contribution in [3.63, 3.8) is 0 Å². The number of hydrogen-bond acceptors (Lipinski definition) is 3. The van der Waals surface area contributed by atoms with E-state index >= 15 is 0 Å². The maximum absolute atomic E-state index is 11.5. The van der Waals surface area contributed by atoms with Gasteiger partial charge in [0.25, 0.3) is 0 Å². The number of likely N-dealkylation sites (N-methyl/N-ethyl adjacent to an activating group) is 1. The highest BCUT2D eigenvalue weighted by atomic mass is 16.5. The number of carbonyl (C=O) groups is 2. The second-order valence-electron chi connectivity index (χ2n) is 4.25. The SMILES string of the molecule is CCNC(=O)C(=O)Nc1ccc(Oc2ccccc2)cc1. The maximum atomic E-state index is 11.5. The zero-order valence-corrected chi connectivity index (χ0v) is 11.6. The molecule has 2 amide bonds. The monoisotopic (exact) mass is 284 g/mol. The number of para-hydroxylation sites is 1. The van der Waals surface area contributed by atoms with E-state index in [-0.39, 0.29) is 0 Å². The van der Waals surface area contributed by atoms with Crippen LogP contribution in [0.2, 0.25) is 0 Å². The summed E-state index contributed by atoms with van der Waals surface area (Å²) in [5.74, 6) is 0.0458. The van der Waals surface area contributed by atoms with Gasteiger partial charge in [-0.2, -0.15) is 0 Å². The molecular weight excluding hydrogens is 268 g/mol. The summed E-state index contributed by atoms with van der Waals surface area (Å²) in [7, 11) is 0. The molecule has 0 atom stereocenters. The Morgan fingerprint density at radius 2 is 1.52 bits per heavy atom. The summed E-state index contributed by atoms with van der Waals surface area (Å²) < 4.78 is 5.63. The first-order valence-electron chi connectivity index (χ1n) is 6.61. The molecule has 5 nitrogen and oxygen atoms in total. The highest BCUT2D eigenvalue weighted by molar-refractivity contribution is 6.39. The molecule has 21 heavy (non-hydrogen) atoms. The van der Waals surface area contributed by atoms with Crippen molar-refractivity contribution in [3.8, 4) is 11.5 Å². The quantitative estimate of drug-likeness (QED) is 0.848. The highest BCUT2D eigenvalue weighted by Crippen LogP contribution is 2.22. The van der Waals surface area contributed by atoms with Crippen LogP contribution in [-0.4, -0.2) is 18.4 Å².